The number of carbonyl (C=O) groups excluding carboxylic acids is 2. The lowest BCUT2D eigenvalue weighted by Crippen LogP contribution is -2.48. The first-order valence-corrected chi connectivity index (χ1v) is 8.61. The highest BCUT2D eigenvalue weighted by atomic mass is 32.1. The molecule has 0 aliphatic heterocycles. The van der Waals surface area contributed by atoms with Crippen LogP contribution < -0.4 is 20.9 Å². The molecule has 0 aliphatic rings. The van der Waals surface area contributed by atoms with Crippen LogP contribution in [0.3, 0.4) is 0 Å². The van der Waals surface area contributed by atoms with Crippen molar-refractivity contribution in [2.45, 2.75) is 6.92 Å². The van der Waals surface area contributed by atoms with Crippen LogP contribution in [0.5, 0.6) is 5.75 Å². The third-order valence-corrected chi connectivity index (χ3v) is 3.78. The second-order valence-corrected chi connectivity index (χ2v) is 5.95. The highest BCUT2D eigenvalue weighted by Crippen LogP contribution is 2.12. The van der Waals surface area contributed by atoms with Gasteiger partial charge >= 0.3 is 0 Å². The molecule has 0 unspecified atom stereocenters. The third kappa shape index (κ3) is 6.36. The van der Waals surface area contributed by atoms with Gasteiger partial charge in [0.15, 0.2) is 5.11 Å². The summed E-state index contributed by atoms with van der Waals surface area (Å²) in [6.07, 6.45) is 0. The lowest BCUT2D eigenvalue weighted by Gasteiger charge is -2.12. The van der Waals surface area contributed by atoms with E-state index in [0.717, 1.165) is 5.56 Å². The van der Waals surface area contributed by atoms with Crippen LogP contribution in [0.25, 0.3) is 0 Å². The lowest BCUT2D eigenvalue weighted by atomic mass is 10.1. The number of benzene rings is 2. The molecule has 0 aromatic heterocycles. The number of ether oxygens (including phenoxy) is 2. The maximum atomic E-state index is 12.2. The monoisotopic (exact) mass is 387 g/mol. The van der Waals surface area contributed by atoms with E-state index in [1.54, 1.807) is 43.5 Å². The molecule has 0 aliphatic carbocycles. The summed E-state index contributed by atoms with van der Waals surface area (Å²) in [5.74, 6) is -0.113. The van der Waals surface area contributed by atoms with E-state index in [9.17, 15) is 9.59 Å². The summed E-state index contributed by atoms with van der Waals surface area (Å²) in [5.41, 5.74) is 6.73. The Kier molecular flexibility index (Phi) is 7.72. The summed E-state index contributed by atoms with van der Waals surface area (Å²) in [6, 6.07) is 13.7. The zero-order valence-electron chi connectivity index (χ0n) is 15.1. The Labute approximate surface area is 163 Å². The zero-order chi connectivity index (χ0) is 19.6. The molecule has 2 aromatic carbocycles. The molecule has 0 saturated carbocycles. The van der Waals surface area contributed by atoms with Gasteiger partial charge in [-0.3, -0.25) is 25.8 Å². The summed E-state index contributed by atoms with van der Waals surface area (Å²) in [7, 11) is 1.59. The predicted molar refractivity (Wildman–Crippen MR) is 106 cm³/mol. The van der Waals surface area contributed by atoms with Gasteiger partial charge in [-0.2, -0.15) is 0 Å². The largest absolute Gasteiger partial charge is 0.491 e. The minimum Gasteiger partial charge on any atom is -0.491 e. The summed E-state index contributed by atoms with van der Waals surface area (Å²) in [4.78, 5) is 24.3. The fourth-order valence-corrected chi connectivity index (χ4v) is 2.30. The van der Waals surface area contributed by atoms with Gasteiger partial charge in [0.1, 0.15) is 12.4 Å². The number of hydrogen-bond donors (Lipinski definition) is 3. The van der Waals surface area contributed by atoms with Crippen LogP contribution in [0.2, 0.25) is 0 Å². The molecule has 142 valence electrons. The molecule has 0 atom stereocenters. The molecular formula is C19H21N3O4S. The van der Waals surface area contributed by atoms with E-state index in [1.807, 2.05) is 19.1 Å². The fraction of sp³-hybridized carbons (Fsp3) is 0.211. The summed E-state index contributed by atoms with van der Waals surface area (Å²) >= 11 is 5.03. The van der Waals surface area contributed by atoms with Gasteiger partial charge in [0.25, 0.3) is 11.8 Å². The van der Waals surface area contributed by atoms with Crippen LogP contribution in [0.1, 0.15) is 26.3 Å². The van der Waals surface area contributed by atoms with Crippen LogP contribution in [0.15, 0.2) is 48.5 Å². The molecule has 0 bridgehead atoms. The van der Waals surface area contributed by atoms with Gasteiger partial charge in [0.05, 0.1) is 6.61 Å². The second kappa shape index (κ2) is 10.2. The van der Waals surface area contributed by atoms with E-state index in [1.165, 1.54) is 0 Å². The maximum Gasteiger partial charge on any atom is 0.269 e. The van der Waals surface area contributed by atoms with Crippen molar-refractivity contribution in [3.8, 4) is 5.75 Å². The lowest BCUT2D eigenvalue weighted by molar-refractivity contribution is 0.0934. The van der Waals surface area contributed by atoms with E-state index in [4.69, 9.17) is 21.7 Å². The third-order valence-electron chi connectivity index (χ3n) is 3.58. The zero-order valence-corrected chi connectivity index (χ0v) is 15.9. The van der Waals surface area contributed by atoms with Gasteiger partial charge in [0.2, 0.25) is 0 Å². The van der Waals surface area contributed by atoms with Gasteiger partial charge in [-0.25, -0.2) is 0 Å². The number of rotatable bonds is 6. The molecule has 3 N–H and O–H groups in total. The van der Waals surface area contributed by atoms with Crippen molar-refractivity contribution in [2.75, 3.05) is 20.3 Å². The van der Waals surface area contributed by atoms with E-state index in [2.05, 4.69) is 16.2 Å². The van der Waals surface area contributed by atoms with Crippen molar-refractivity contribution < 1.29 is 19.1 Å². The van der Waals surface area contributed by atoms with Crippen molar-refractivity contribution in [1.82, 2.24) is 16.2 Å². The predicted octanol–water partition coefficient (Wildman–Crippen LogP) is 1.97. The Bertz CT molecular complexity index is 809. The fourth-order valence-electron chi connectivity index (χ4n) is 2.16. The number of nitrogens with one attached hydrogen (secondary N) is 3. The van der Waals surface area contributed by atoms with Crippen molar-refractivity contribution in [1.29, 1.82) is 0 Å². The van der Waals surface area contributed by atoms with E-state index in [0.29, 0.717) is 30.1 Å². The molecule has 0 heterocycles. The van der Waals surface area contributed by atoms with Crippen LogP contribution in [0.4, 0.5) is 0 Å². The molecule has 7 nitrogen and oxygen atoms in total. The molecule has 0 saturated heterocycles. The van der Waals surface area contributed by atoms with Crippen molar-refractivity contribution >= 4 is 29.1 Å². The van der Waals surface area contributed by atoms with Crippen LogP contribution in [0, 0.1) is 6.92 Å². The second-order valence-electron chi connectivity index (χ2n) is 5.54. The molecule has 0 fully saturated rings. The Morgan fingerprint density at radius 2 is 1.67 bits per heavy atom. The first-order chi connectivity index (χ1) is 13.0. The average molecular weight is 387 g/mol. The molecule has 0 spiro atoms. The van der Waals surface area contributed by atoms with Gasteiger partial charge in [0, 0.05) is 18.2 Å². The minimum absolute atomic E-state index is 0.0117. The Balaban J connectivity index is 1.82. The van der Waals surface area contributed by atoms with Crippen LogP contribution in [-0.2, 0) is 4.74 Å². The molecule has 27 heavy (non-hydrogen) atoms. The Morgan fingerprint density at radius 3 is 2.33 bits per heavy atom. The van der Waals surface area contributed by atoms with Crippen molar-refractivity contribution in [3.63, 3.8) is 0 Å². The summed E-state index contributed by atoms with van der Waals surface area (Å²) < 4.78 is 10.3. The average Bonchev–Trinajstić information content (AvgIpc) is 2.67. The summed E-state index contributed by atoms with van der Waals surface area (Å²) in [6.45, 7) is 2.74. The van der Waals surface area contributed by atoms with Gasteiger partial charge in [-0.1, -0.05) is 18.2 Å². The van der Waals surface area contributed by atoms with E-state index < -0.39 is 5.91 Å². The maximum absolute atomic E-state index is 12.2. The molecular weight excluding hydrogens is 366 g/mol. The van der Waals surface area contributed by atoms with Gasteiger partial charge in [-0.15, -0.1) is 0 Å². The summed E-state index contributed by atoms with van der Waals surface area (Å²) in [5, 5.41) is 2.48. The smallest absolute Gasteiger partial charge is 0.269 e. The number of carbonyl (C=O) groups is 2. The first kappa shape index (κ1) is 20.3. The van der Waals surface area contributed by atoms with Gasteiger partial charge < -0.3 is 9.47 Å². The highest BCUT2D eigenvalue weighted by Gasteiger charge is 2.11. The SMILES string of the molecule is COCCOc1ccc(C(=O)NC(=S)NNC(=O)c2ccccc2C)cc1. The standard InChI is InChI=1S/C19H21N3O4S/c1-13-5-3-4-6-16(13)18(24)21-22-19(27)20-17(23)14-7-9-15(10-8-14)26-12-11-25-2/h3-10H,11-12H2,1-2H3,(H,21,24)(H2,20,22,23,27). The van der Waals surface area contributed by atoms with Crippen LogP contribution in [-0.4, -0.2) is 37.3 Å². The van der Waals surface area contributed by atoms with E-state index >= 15 is 0 Å². The number of methoxy groups -OCH3 is 1. The normalized spacial score (nSPS) is 10.0. The van der Waals surface area contributed by atoms with Gasteiger partial charge in [-0.05, 0) is 55.0 Å². The number of thiocarbonyl (C=S) groups is 1. The molecule has 2 amide bonds. The number of aryl methyl sites for hydroxylation is 1. The quantitative estimate of drug-likeness (QED) is 0.399. The molecule has 2 rings (SSSR count). The number of hydrogen-bond acceptors (Lipinski definition) is 5. The Morgan fingerprint density at radius 1 is 0.963 bits per heavy atom. The minimum atomic E-state index is -0.402. The highest BCUT2D eigenvalue weighted by molar-refractivity contribution is 7.80. The number of amides is 2. The van der Waals surface area contributed by atoms with E-state index in [-0.39, 0.29) is 11.0 Å². The first-order valence-electron chi connectivity index (χ1n) is 8.20. The molecule has 8 heteroatoms. The van der Waals surface area contributed by atoms with Crippen LogP contribution >= 0.6 is 12.2 Å². The van der Waals surface area contributed by atoms with Crippen molar-refractivity contribution in [2.24, 2.45) is 0 Å². The van der Waals surface area contributed by atoms with Crippen molar-refractivity contribution in [3.05, 3.63) is 65.2 Å². The Hall–Kier alpha value is -2.97. The molecule has 2 aromatic rings. The topological polar surface area (TPSA) is 88.7 Å². The molecule has 0 radical (unpaired) electrons. The number of hydrazine groups is 1.